The van der Waals surface area contributed by atoms with E-state index in [4.69, 9.17) is 23.7 Å². The molecule has 7 heteroatoms. The maximum Gasteiger partial charge on any atom is 0.184 e. The van der Waals surface area contributed by atoms with Crippen LogP contribution in [0.15, 0.2) is 65.6 Å². The van der Waals surface area contributed by atoms with Gasteiger partial charge < -0.3 is 23.7 Å². The number of benzene rings is 2. The highest BCUT2D eigenvalue weighted by molar-refractivity contribution is 7.85. The van der Waals surface area contributed by atoms with Crippen LogP contribution in [-0.2, 0) is 34.5 Å². The second-order valence-electron chi connectivity index (χ2n) is 6.73. The molecule has 2 aliphatic heterocycles. The largest absolute Gasteiger partial charge is 0.376 e. The third kappa shape index (κ3) is 3.78. The van der Waals surface area contributed by atoms with Gasteiger partial charge in [0.25, 0.3) is 0 Å². The Labute approximate surface area is 167 Å². The van der Waals surface area contributed by atoms with Crippen molar-refractivity contribution in [3.63, 3.8) is 0 Å². The molecule has 0 bridgehead atoms. The van der Waals surface area contributed by atoms with Crippen LogP contribution in [0.3, 0.4) is 0 Å². The third-order valence-corrected chi connectivity index (χ3v) is 6.62. The van der Waals surface area contributed by atoms with Crippen LogP contribution in [0.1, 0.15) is 11.9 Å². The summed E-state index contributed by atoms with van der Waals surface area (Å²) in [6.07, 6.45) is -2.26. The van der Waals surface area contributed by atoms with Gasteiger partial charge in [0, 0.05) is 24.7 Å². The molecular weight excluding hydrogens is 380 g/mol. The Hall–Kier alpha value is -1.61. The molecule has 5 unspecified atom stereocenters. The zero-order chi connectivity index (χ0) is 19.5. The molecule has 28 heavy (non-hydrogen) atoms. The van der Waals surface area contributed by atoms with Crippen LogP contribution in [0.4, 0.5) is 0 Å². The summed E-state index contributed by atoms with van der Waals surface area (Å²) in [6, 6.07) is 19.0. The second kappa shape index (κ2) is 8.82. The fourth-order valence-corrected chi connectivity index (χ4v) is 5.15. The molecule has 4 rings (SSSR count). The quantitative estimate of drug-likeness (QED) is 0.764. The Bertz CT molecular complexity index is 786. The topological polar surface area (TPSA) is 63.2 Å². The fraction of sp³-hybridized carbons (Fsp3) is 0.429. The van der Waals surface area contributed by atoms with Gasteiger partial charge in [-0.2, -0.15) is 0 Å². The summed E-state index contributed by atoms with van der Waals surface area (Å²) in [5.41, 5.74) is 0.249. The van der Waals surface area contributed by atoms with Gasteiger partial charge in [-0.15, -0.1) is 0 Å². The molecule has 2 aromatic rings. The molecule has 2 aliphatic rings. The van der Waals surface area contributed by atoms with E-state index in [0.29, 0.717) is 11.5 Å². The second-order valence-corrected chi connectivity index (χ2v) is 8.26. The van der Waals surface area contributed by atoms with Crippen molar-refractivity contribution in [3.05, 3.63) is 66.2 Å². The highest BCUT2D eigenvalue weighted by Gasteiger charge is 2.52. The van der Waals surface area contributed by atoms with E-state index in [1.165, 1.54) is 0 Å². The first-order valence-corrected chi connectivity index (χ1v) is 10.4. The van der Waals surface area contributed by atoms with Crippen molar-refractivity contribution in [1.82, 2.24) is 0 Å². The lowest BCUT2D eigenvalue weighted by molar-refractivity contribution is -0.323. The van der Waals surface area contributed by atoms with Gasteiger partial charge in [-0.3, -0.25) is 4.21 Å². The summed E-state index contributed by atoms with van der Waals surface area (Å²) in [4.78, 5) is 0.683. The van der Waals surface area contributed by atoms with Gasteiger partial charge in [0.05, 0.1) is 17.4 Å². The lowest BCUT2D eigenvalue weighted by Crippen LogP contribution is -2.63. The Balaban J connectivity index is 1.57. The first-order chi connectivity index (χ1) is 13.7. The molecule has 0 aliphatic carbocycles. The van der Waals surface area contributed by atoms with Crippen molar-refractivity contribution in [1.29, 1.82) is 0 Å². The summed E-state index contributed by atoms with van der Waals surface area (Å²) in [5, 5.41) is 0. The van der Waals surface area contributed by atoms with Gasteiger partial charge in [-0.25, -0.2) is 0 Å². The smallest absolute Gasteiger partial charge is 0.184 e. The maximum absolute atomic E-state index is 13.2. The average Bonchev–Trinajstić information content (AvgIpc) is 2.78. The lowest BCUT2D eigenvalue weighted by Gasteiger charge is -2.48. The molecule has 0 radical (unpaired) electrons. The summed E-state index contributed by atoms with van der Waals surface area (Å²) >= 11 is 0. The van der Waals surface area contributed by atoms with Gasteiger partial charge >= 0.3 is 0 Å². The molecule has 150 valence electrons. The van der Waals surface area contributed by atoms with Crippen LogP contribution < -0.4 is 0 Å². The number of ether oxygens (including phenoxy) is 5. The highest BCUT2D eigenvalue weighted by atomic mass is 32.2. The van der Waals surface area contributed by atoms with E-state index in [1.54, 1.807) is 14.2 Å². The lowest BCUT2D eigenvalue weighted by atomic mass is 9.98. The van der Waals surface area contributed by atoms with E-state index < -0.39 is 46.9 Å². The van der Waals surface area contributed by atoms with Crippen molar-refractivity contribution in [2.75, 3.05) is 20.8 Å². The molecule has 6 nitrogen and oxygen atoms in total. The highest BCUT2D eigenvalue weighted by Crippen LogP contribution is 2.37. The zero-order valence-corrected chi connectivity index (χ0v) is 16.6. The van der Waals surface area contributed by atoms with Crippen molar-refractivity contribution < 1.29 is 27.9 Å². The van der Waals surface area contributed by atoms with E-state index in [2.05, 4.69) is 0 Å². The summed E-state index contributed by atoms with van der Waals surface area (Å²) < 4.78 is 42.8. The van der Waals surface area contributed by atoms with Gasteiger partial charge in [0.2, 0.25) is 0 Å². The number of hydrogen-bond acceptors (Lipinski definition) is 6. The van der Waals surface area contributed by atoms with E-state index in [9.17, 15) is 4.21 Å². The van der Waals surface area contributed by atoms with Gasteiger partial charge in [0.1, 0.15) is 24.4 Å². The number of rotatable bonds is 5. The summed E-state index contributed by atoms with van der Waals surface area (Å²) in [6.45, 7) is 0.322. The molecule has 0 saturated carbocycles. The monoisotopic (exact) mass is 404 g/mol. The van der Waals surface area contributed by atoms with Crippen molar-refractivity contribution in [2.45, 2.75) is 41.0 Å². The van der Waals surface area contributed by atoms with E-state index in [-0.39, 0.29) is 0 Å². The molecule has 0 aromatic heterocycles. The molecule has 0 amide bonds. The Morgan fingerprint density at radius 3 is 2.18 bits per heavy atom. The fourth-order valence-electron chi connectivity index (χ4n) is 3.70. The van der Waals surface area contributed by atoms with Crippen LogP contribution in [0, 0.1) is 0 Å². The molecule has 2 fully saturated rings. The van der Waals surface area contributed by atoms with E-state index in [1.807, 2.05) is 60.7 Å². The minimum Gasteiger partial charge on any atom is -0.376 e. The predicted octanol–water partition coefficient (Wildman–Crippen LogP) is 2.66. The Morgan fingerprint density at radius 2 is 1.54 bits per heavy atom. The van der Waals surface area contributed by atoms with Crippen LogP contribution in [0.25, 0.3) is 0 Å². The molecule has 7 atom stereocenters. The molecule has 2 saturated heterocycles. The first kappa shape index (κ1) is 19.7. The van der Waals surface area contributed by atoms with Crippen molar-refractivity contribution >= 4 is 10.8 Å². The van der Waals surface area contributed by atoms with Gasteiger partial charge in [-0.05, 0) is 12.1 Å². The number of hydrogen-bond donors (Lipinski definition) is 0. The van der Waals surface area contributed by atoms with E-state index >= 15 is 0 Å². The third-order valence-electron chi connectivity index (χ3n) is 5.09. The molecular formula is C21H24O6S. The van der Waals surface area contributed by atoms with Crippen LogP contribution >= 0.6 is 0 Å². The normalized spacial score (nSPS) is 33.8. The minimum atomic E-state index is -1.42. The summed E-state index contributed by atoms with van der Waals surface area (Å²) in [7, 11) is 1.76. The van der Waals surface area contributed by atoms with Crippen LogP contribution in [0.5, 0.6) is 0 Å². The Kier molecular flexibility index (Phi) is 6.20. The van der Waals surface area contributed by atoms with Crippen LogP contribution in [0.2, 0.25) is 0 Å². The number of fused-ring (bicyclic) bond motifs is 1. The molecule has 2 aromatic carbocycles. The first-order valence-electron chi connectivity index (χ1n) is 9.21. The van der Waals surface area contributed by atoms with E-state index in [0.717, 1.165) is 5.56 Å². The standard InChI is InChI=1S/C21H24O6S/c1-23-18-17-16(13-25-20(27-17)14-9-5-3-6-10-14)26-21(19(18)24-2)28(22)15-11-7-4-8-12-15/h3-12,16-21H,13H2,1-2H3/t16?,17-,18?,19?,20?,21+,28?/m1/s1. The zero-order valence-electron chi connectivity index (χ0n) is 15.8. The van der Waals surface area contributed by atoms with Crippen molar-refractivity contribution in [2.24, 2.45) is 0 Å². The Morgan fingerprint density at radius 1 is 0.893 bits per heavy atom. The van der Waals surface area contributed by atoms with Crippen LogP contribution in [-0.4, -0.2) is 54.9 Å². The number of methoxy groups -OCH3 is 2. The molecule has 2 heterocycles. The van der Waals surface area contributed by atoms with Gasteiger partial charge in [0.15, 0.2) is 11.7 Å². The maximum atomic E-state index is 13.2. The molecule has 0 N–H and O–H groups in total. The van der Waals surface area contributed by atoms with Crippen molar-refractivity contribution in [3.8, 4) is 0 Å². The summed E-state index contributed by atoms with van der Waals surface area (Å²) in [5.74, 6) is 0. The van der Waals surface area contributed by atoms with Gasteiger partial charge in [-0.1, -0.05) is 48.5 Å². The SMILES string of the molecule is COC1C(OC)[C@H](S(=O)c2ccccc2)OC2COC(c3ccccc3)O[C@H]21. The molecule has 0 spiro atoms. The minimum absolute atomic E-state index is 0.322. The average molecular weight is 404 g/mol. The predicted molar refractivity (Wildman–Crippen MR) is 103 cm³/mol.